The number of halogens is 2. The number of carboxylic acids is 1. The van der Waals surface area contributed by atoms with Gasteiger partial charge in [-0.15, -0.1) is 0 Å². The molecule has 0 aliphatic heterocycles. The predicted octanol–water partition coefficient (Wildman–Crippen LogP) is 3.34. The summed E-state index contributed by atoms with van der Waals surface area (Å²) >= 11 is 0. The molecule has 0 aliphatic rings. The van der Waals surface area contributed by atoms with E-state index in [1.165, 1.54) is 0 Å². The van der Waals surface area contributed by atoms with Crippen LogP contribution in [0.1, 0.15) is 11.1 Å². The van der Waals surface area contributed by atoms with Crippen molar-refractivity contribution in [1.82, 2.24) is 0 Å². The van der Waals surface area contributed by atoms with Crippen LogP contribution in [0.3, 0.4) is 0 Å². The van der Waals surface area contributed by atoms with Crippen molar-refractivity contribution in [3.05, 3.63) is 65.2 Å². The molecule has 0 heterocycles. The first-order valence-corrected chi connectivity index (χ1v) is 6.63. The summed E-state index contributed by atoms with van der Waals surface area (Å²) in [6.07, 6.45) is -1.66. The van der Waals surface area contributed by atoms with Gasteiger partial charge in [-0.3, -0.25) is 10.1 Å². The van der Waals surface area contributed by atoms with Gasteiger partial charge in [-0.1, -0.05) is 30.3 Å². The lowest BCUT2D eigenvalue weighted by Gasteiger charge is -2.09. The zero-order chi connectivity index (χ0) is 16.8. The van der Waals surface area contributed by atoms with Gasteiger partial charge in [0.2, 0.25) is 0 Å². The van der Waals surface area contributed by atoms with E-state index in [0.29, 0.717) is 0 Å². The Labute approximate surface area is 130 Å². The molecule has 1 amide bonds. The number of aliphatic carboxylic acids is 1. The third-order valence-corrected chi connectivity index (χ3v) is 2.93. The Morgan fingerprint density at radius 2 is 1.70 bits per heavy atom. The molecular formula is C16H13F2NO4. The van der Waals surface area contributed by atoms with Crippen molar-refractivity contribution in [2.45, 2.75) is 13.0 Å². The Hall–Kier alpha value is -2.96. The summed E-state index contributed by atoms with van der Waals surface area (Å²) in [5, 5.41) is 10.8. The van der Waals surface area contributed by atoms with E-state index in [1.54, 1.807) is 24.3 Å². The number of carbonyl (C=O) groups excluding carboxylic acids is 1. The Morgan fingerprint density at radius 1 is 1.09 bits per heavy atom. The minimum Gasteiger partial charge on any atom is -0.481 e. The highest BCUT2D eigenvalue weighted by molar-refractivity contribution is 5.84. The van der Waals surface area contributed by atoms with Crippen molar-refractivity contribution >= 4 is 17.7 Å². The third-order valence-electron chi connectivity index (χ3n) is 2.93. The van der Waals surface area contributed by atoms with Gasteiger partial charge >= 0.3 is 12.1 Å². The summed E-state index contributed by atoms with van der Waals surface area (Å²) < 4.78 is 32.3. The first kappa shape index (κ1) is 16.4. The fraction of sp³-hybridized carbons (Fsp3) is 0.125. The molecule has 23 heavy (non-hydrogen) atoms. The van der Waals surface area contributed by atoms with Crippen LogP contribution in [0.4, 0.5) is 19.3 Å². The van der Waals surface area contributed by atoms with Gasteiger partial charge in [-0.05, 0) is 17.7 Å². The minimum atomic E-state index is -1.36. The van der Waals surface area contributed by atoms with Crippen molar-refractivity contribution in [1.29, 1.82) is 0 Å². The minimum absolute atomic E-state index is 0.00867. The number of ether oxygens (including phenoxy) is 1. The van der Waals surface area contributed by atoms with Crippen LogP contribution in [0.15, 0.2) is 42.5 Å². The molecule has 2 rings (SSSR count). The van der Waals surface area contributed by atoms with Crippen molar-refractivity contribution in [3.8, 4) is 0 Å². The maximum atomic E-state index is 13.7. The fourth-order valence-electron chi connectivity index (χ4n) is 1.87. The monoisotopic (exact) mass is 321 g/mol. The van der Waals surface area contributed by atoms with Gasteiger partial charge in [-0.2, -0.15) is 0 Å². The van der Waals surface area contributed by atoms with E-state index in [9.17, 15) is 18.4 Å². The molecule has 0 aromatic heterocycles. The number of carbonyl (C=O) groups is 2. The number of nitrogens with one attached hydrogen (secondary N) is 1. The molecule has 0 unspecified atom stereocenters. The van der Waals surface area contributed by atoms with Crippen LogP contribution >= 0.6 is 0 Å². The van der Waals surface area contributed by atoms with Crippen molar-refractivity contribution < 1.29 is 28.2 Å². The maximum Gasteiger partial charge on any atom is 0.411 e. The Balaban J connectivity index is 1.99. The lowest BCUT2D eigenvalue weighted by molar-refractivity contribution is -0.136. The quantitative estimate of drug-likeness (QED) is 0.885. The van der Waals surface area contributed by atoms with Crippen LogP contribution in [0.25, 0.3) is 0 Å². The largest absolute Gasteiger partial charge is 0.481 e. The van der Waals surface area contributed by atoms with Gasteiger partial charge in [0.1, 0.15) is 18.2 Å². The summed E-state index contributed by atoms with van der Waals surface area (Å²) in [6, 6.07) is 10.6. The lowest BCUT2D eigenvalue weighted by atomic mass is 10.1. The van der Waals surface area contributed by atoms with E-state index in [4.69, 9.17) is 9.84 Å². The molecule has 2 aromatic rings. The van der Waals surface area contributed by atoms with Gasteiger partial charge in [0.15, 0.2) is 0 Å². The highest BCUT2D eigenvalue weighted by atomic mass is 19.1. The second kappa shape index (κ2) is 7.35. The maximum absolute atomic E-state index is 13.7. The molecule has 0 aliphatic carbocycles. The van der Waals surface area contributed by atoms with Gasteiger partial charge < -0.3 is 9.84 Å². The van der Waals surface area contributed by atoms with Crippen LogP contribution in [-0.2, 0) is 22.6 Å². The van der Waals surface area contributed by atoms with E-state index in [1.807, 2.05) is 6.07 Å². The molecular weight excluding hydrogens is 308 g/mol. The zero-order valence-electron chi connectivity index (χ0n) is 11.9. The van der Waals surface area contributed by atoms with Gasteiger partial charge in [0, 0.05) is 11.3 Å². The molecule has 2 aromatic carbocycles. The van der Waals surface area contributed by atoms with Gasteiger partial charge in [0.25, 0.3) is 0 Å². The van der Waals surface area contributed by atoms with Crippen LogP contribution in [0, 0.1) is 11.6 Å². The van der Waals surface area contributed by atoms with E-state index < -0.39 is 35.7 Å². The summed E-state index contributed by atoms with van der Waals surface area (Å²) in [5.74, 6) is -3.46. The third kappa shape index (κ3) is 4.77. The SMILES string of the molecule is O=C(O)Cc1c(F)cc(NC(=O)OCc2ccccc2)cc1F. The highest BCUT2D eigenvalue weighted by Gasteiger charge is 2.15. The standard InChI is InChI=1S/C16H13F2NO4/c17-13-6-11(7-14(18)12(13)8-15(20)21)19-16(22)23-9-10-4-2-1-3-5-10/h1-7H,8-9H2,(H,19,22)(H,20,21). The second-order valence-corrected chi connectivity index (χ2v) is 4.68. The zero-order valence-corrected chi connectivity index (χ0v) is 11.9. The van der Waals surface area contributed by atoms with Crippen LogP contribution in [-0.4, -0.2) is 17.2 Å². The molecule has 0 saturated heterocycles. The molecule has 5 nitrogen and oxygen atoms in total. The molecule has 120 valence electrons. The van der Waals surface area contributed by atoms with Gasteiger partial charge in [-0.25, -0.2) is 13.6 Å². The molecule has 7 heteroatoms. The number of anilines is 1. The summed E-state index contributed by atoms with van der Waals surface area (Å²) in [5.41, 5.74) is 0.0321. The lowest BCUT2D eigenvalue weighted by Crippen LogP contribution is -2.14. The summed E-state index contributed by atoms with van der Waals surface area (Å²) in [7, 11) is 0. The Bertz CT molecular complexity index is 696. The molecule has 0 atom stereocenters. The molecule has 0 spiro atoms. The van der Waals surface area contributed by atoms with Crippen molar-refractivity contribution in [2.24, 2.45) is 0 Å². The van der Waals surface area contributed by atoms with E-state index in [2.05, 4.69) is 5.32 Å². The van der Waals surface area contributed by atoms with Crippen LogP contribution in [0.5, 0.6) is 0 Å². The number of benzene rings is 2. The van der Waals surface area contributed by atoms with E-state index >= 15 is 0 Å². The Morgan fingerprint density at radius 3 is 2.26 bits per heavy atom. The molecule has 0 bridgehead atoms. The van der Waals surface area contributed by atoms with E-state index in [0.717, 1.165) is 17.7 Å². The van der Waals surface area contributed by atoms with Gasteiger partial charge in [0.05, 0.1) is 6.42 Å². The van der Waals surface area contributed by atoms with Crippen LogP contribution < -0.4 is 5.32 Å². The predicted molar refractivity (Wildman–Crippen MR) is 77.9 cm³/mol. The van der Waals surface area contributed by atoms with E-state index in [-0.39, 0.29) is 12.3 Å². The van der Waals surface area contributed by atoms with Crippen molar-refractivity contribution in [2.75, 3.05) is 5.32 Å². The molecule has 0 fully saturated rings. The first-order chi connectivity index (χ1) is 11.0. The summed E-state index contributed by atoms with van der Waals surface area (Å²) in [4.78, 5) is 22.1. The number of rotatable bonds is 5. The number of hydrogen-bond acceptors (Lipinski definition) is 3. The summed E-state index contributed by atoms with van der Waals surface area (Å²) in [6.45, 7) is 0.00867. The smallest absolute Gasteiger partial charge is 0.411 e. The topological polar surface area (TPSA) is 75.6 Å². The average molecular weight is 321 g/mol. The molecule has 0 radical (unpaired) electrons. The Kier molecular flexibility index (Phi) is 5.24. The first-order valence-electron chi connectivity index (χ1n) is 6.63. The highest BCUT2D eigenvalue weighted by Crippen LogP contribution is 2.20. The van der Waals surface area contributed by atoms with Crippen LogP contribution in [0.2, 0.25) is 0 Å². The molecule has 2 N–H and O–H groups in total. The van der Waals surface area contributed by atoms with Crippen molar-refractivity contribution in [3.63, 3.8) is 0 Å². The average Bonchev–Trinajstić information content (AvgIpc) is 2.50. The number of amides is 1. The fourth-order valence-corrected chi connectivity index (χ4v) is 1.87. The normalized spacial score (nSPS) is 10.2. The molecule has 0 saturated carbocycles. The second-order valence-electron chi connectivity index (χ2n) is 4.68. The number of carboxylic acid groups (broad SMARTS) is 1. The number of hydrogen-bond donors (Lipinski definition) is 2.